The summed E-state index contributed by atoms with van der Waals surface area (Å²) in [6.45, 7) is 3.32. The van der Waals surface area contributed by atoms with Gasteiger partial charge in [0, 0.05) is 6.54 Å². The molecule has 2 aromatic rings. The fourth-order valence-electron chi connectivity index (χ4n) is 2.31. The number of aryl methyl sites for hydroxylation is 1. The van der Waals surface area contributed by atoms with Crippen LogP contribution in [0, 0.1) is 6.92 Å². The predicted octanol–water partition coefficient (Wildman–Crippen LogP) is 2.57. The van der Waals surface area contributed by atoms with Crippen LogP contribution in [0.4, 0.5) is 4.79 Å². The van der Waals surface area contributed by atoms with Crippen molar-refractivity contribution in [3.63, 3.8) is 0 Å². The fourth-order valence-corrected chi connectivity index (χ4v) is 2.31. The molecule has 2 rings (SSSR count). The molecule has 2 amide bonds. The summed E-state index contributed by atoms with van der Waals surface area (Å²) in [6.07, 6.45) is 1.63. The molecule has 130 valence electrons. The zero-order valence-electron chi connectivity index (χ0n) is 14.4. The van der Waals surface area contributed by atoms with Gasteiger partial charge in [0.15, 0.2) is 0 Å². The van der Waals surface area contributed by atoms with Crippen molar-refractivity contribution >= 4 is 6.03 Å². The van der Waals surface area contributed by atoms with E-state index >= 15 is 0 Å². The molecule has 0 saturated heterocycles. The van der Waals surface area contributed by atoms with Gasteiger partial charge < -0.3 is 19.8 Å². The van der Waals surface area contributed by atoms with Crippen LogP contribution in [0.3, 0.4) is 0 Å². The van der Waals surface area contributed by atoms with Crippen LogP contribution in [0.25, 0.3) is 0 Å². The number of urea groups is 1. The molecule has 0 bridgehead atoms. The van der Waals surface area contributed by atoms with E-state index < -0.39 is 0 Å². The van der Waals surface area contributed by atoms with Crippen LogP contribution in [0.1, 0.15) is 17.4 Å². The Bertz CT molecular complexity index is 626. The molecule has 0 aliphatic rings. The van der Waals surface area contributed by atoms with Crippen LogP contribution in [0.2, 0.25) is 0 Å². The van der Waals surface area contributed by atoms with E-state index in [1.54, 1.807) is 6.26 Å². The number of rotatable bonds is 8. The first-order valence-electron chi connectivity index (χ1n) is 7.98. The molecule has 1 heterocycles. The molecule has 0 aliphatic carbocycles. The third-order valence-corrected chi connectivity index (χ3v) is 3.69. The number of hydrogen-bond donors (Lipinski definition) is 2. The minimum absolute atomic E-state index is 0.00558. The van der Waals surface area contributed by atoms with Gasteiger partial charge >= 0.3 is 6.03 Å². The number of carbonyl (C=O) groups excluding carboxylic acids is 1. The van der Waals surface area contributed by atoms with Gasteiger partial charge in [-0.3, -0.25) is 4.90 Å². The number of amides is 2. The molecule has 1 unspecified atom stereocenters. The van der Waals surface area contributed by atoms with Gasteiger partial charge in [0.25, 0.3) is 0 Å². The fraction of sp³-hybridized carbons (Fsp3) is 0.389. The molecule has 0 radical (unpaired) electrons. The Morgan fingerprint density at radius 1 is 1.21 bits per heavy atom. The Labute approximate surface area is 142 Å². The predicted molar refractivity (Wildman–Crippen MR) is 93.2 cm³/mol. The lowest BCUT2D eigenvalue weighted by Crippen LogP contribution is -2.41. The minimum atomic E-state index is -0.221. The average molecular weight is 331 g/mol. The molecule has 24 heavy (non-hydrogen) atoms. The summed E-state index contributed by atoms with van der Waals surface area (Å²) in [5.74, 6) is 1.66. The number of carbonyl (C=O) groups is 1. The molecule has 6 nitrogen and oxygen atoms in total. The average Bonchev–Trinajstić information content (AvgIpc) is 3.07. The molecule has 0 saturated carbocycles. The van der Waals surface area contributed by atoms with Gasteiger partial charge in [0.2, 0.25) is 0 Å². The highest BCUT2D eigenvalue weighted by atomic mass is 16.5. The highest BCUT2D eigenvalue weighted by molar-refractivity contribution is 5.73. The molecule has 0 aliphatic heterocycles. The van der Waals surface area contributed by atoms with Gasteiger partial charge in [-0.15, -0.1) is 0 Å². The Kier molecular flexibility index (Phi) is 6.69. The lowest BCUT2D eigenvalue weighted by atomic mass is 10.2. The van der Waals surface area contributed by atoms with E-state index in [-0.39, 0.29) is 12.1 Å². The molecular weight excluding hydrogens is 306 g/mol. The van der Waals surface area contributed by atoms with Gasteiger partial charge in [-0.2, -0.15) is 0 Å². The van der Waals surface area contributed by atoms with E-state index in [1.807, 2.05) is 62.3 Å². The number of hydrogen-bond acceptors (Lipinski definition) is 4. The largest absolute Gasteiger partial charge is 0.491 e. The van der Waals surface area contributed by atoms with E-state index in [4.69, 9.17) is 9.15 Å². The van der Waals surface area contributed by atoms with Gasteiger partial charge in [-0.05, 0) is 44.8 Å². The standard InChI is InChI=1S/C18H25N3O3/c1-14-7-4-5-8-16(14)24-12-10-19-18(22)20-13-15(21(2)3)17-9-6-11-23-17/h4-9,11,15H,10,12-13H2,1-3H3,(H2,19,20,22). The maximum Gasteiger partial charge on any atom is 0.314 e. The number of benzene rings is 1. The van der Waals surface area contributed by atoms with Gasteiger partial charge in [0.1, 0.15) is 18.1 Å². The van der Waals surface area contributed by atoms with Crippen molar-refractivity contribution in [1.82, 2.24) is 15.5 Å². The van der Waals surface area contributed by atoms with Crippen molar-refractivity contribution in [3.05, 3.63) is 54.0 Å². The number of nitrogens with one attached hydrogen (secondary N) is 2. The number of likely N-dealkylation sites (N-methyl/N-ethyl adjacent to an activating group) is 1. The Morgan fingerprint density at radius 2 is 2.00 bits per heavy atom. The van der Waals surface area contributed by atoms with Gasteiger partial charge in [-0.25, -0.2) is 4.79 Å². The lowest BCUT2D eigenvalue weighted by Gasteiger charge is -2.22. The lowest BCUT2D eigenvalue weighted by molar-refractivity contribution is 0.222. The van der Waals surface area contributed by atoms with E-state index in [2.05, 4.69) is 10.6 Å². The molecule has 1 aromatic carbocycles. The highest BCUT2D eigenvalue weighted by Gasteiger charge is 2.17. The summed E-state index contributed by atoms with van der Waals surface area (Å²) in [4.78, 5) is 13.9. The topological polar surface area (TPSA) is 66.7 Å². The van der Waals surface area contributed by atoms with Crippen LogP contribution in [0.15, 0.2) is 47.1 Å². The number of furan rings is 1. The van der Waals surface area contributed by atoms with Crippen molar-refractivity contribution in [2.75, 3.05) is 33.8 Å². The molecular formula is C18H25N3O3. The van der Waals surface area contributed by atoms with Crippen LogP contribution >= 0.6 is 0 Å². The normalized spacial score (nSPS) is 12.0. The number of ether oxygens (including phenoxy) is 1. The Morgan fingerprint density at radius 3 is 2.67 bits per heavy atom. The van der Waals surface area contributed by atoms with Crippen molar-refractivity contribution in [2.45, 2.75) is 13.0 Å². The second-order valence-electron chi connectivity index (χ2n) is 5.75. The number of para-hydroxylation sites is 1. The molecule has 6 heteroatoms. The summed E-state index contributed by atoms with van der Waals surface area (Å²) in [5, 5.41) is 5.64. The minimum Gasteiger partial charge on any atom is -0.491 e. The zero-order valence-corrected chi connectivity index (χ0v) is 14.4. The second-order valence-corrected chi connectivity index (χ2v) is 5.75. The van der Waals surface area contributed by atoms with Crippen LogP contribution in [0.5, 0.6) is 5.75 Å². The third-order valence-electron chi connectivity index (χ3n) is 3.69. The first-order valence-corrected chi connectivity index (χ1v) is 7.98. The number of nitrogens with zero attached hydrogens (tertiary/aromatic N) is 1. The van der Waals surface area contributed by atoms with Crippen LogP contribution in [-0.4, -0.2) is 44.7 Å². The van der Waals surface area contributed by atoms with Crippen LogP contribution < -0.4 is 15.4 Å². The van der Waals surface area contributed by atoms with Crippen LogP contribution in [-0.2, 0) is 0 Å². The molecule has 2 N–H and O–H groups in total. The van der Waals surface area contributed by atoms with E-state index in [0.29, 0.717) is 19.7 Å². The van der Waals surface area contributed by atoms with Crippen molar-refractivity contribution in [3.8, 4) is 5.75 Å². The first kappa shape index (κ1) is 17.9. The molecule has 0 spiro atoms. The summed E-state index contributed by atoms with van der Waals surface area (Å²) in [6, 6.07) is 11.3. The monoisotopic (exact) mass is 331 g/mol. The van der Waals surface area contributed by atoms with E-state index in [9.17, 15) is 4.79 Å². The van der Waals surface area contributed by atoms with E-state index in [0.717, 1.165) is 17.1 Å². The second kappa shape index (κ2) is 8.98. The van der Waals surface area contributed by atoms with Crippen molar-refractivity contribution in [1.29, 1.82) is 0 Å². The molecule has 1 atom stereocenters. The molecule has 0 fully saturated rings. The zero-order chi connectivity index (χ0) is 17.4. The first-order chi connectivity index (χ1) is 11.6. The smallest absolute Gasteiger partial charge is 0.314 e. The summed E-state index contributed by atoms with van der Waals surface area (Å²) in [7, 11) is 3.89. The van der Waals surface area contributed by atoms with E-state index in [1.165, 1.54) is 0 Å². The third kappa shape index (κ3) is 5.31. The molecule has 1 aromatic heterocycles. The maximum atomic E-state index is 11.9. The van der Waals surface area contributed by atoms with Crippen molar-refractivity contribution in [2.24, 2.45) is 0 Å². The Balaban J connectivity index is 1.68. The van der Waals surface area contributed by atoms with Gasteiger partial charge in [-0.1, -0.05) is 18.2 Å². The summed E-state index contributed by atoms with van der Waals surface area (Å²) >= 11 is 0. The van der Waals surface area contributed by atoms with Crippen molar-refractivity contribution < 1.29 is 13.9 Å². The maximum absolute atomic E-state index is 11.9. The quantitative estimate of drug-likeness (QED) is 0.730. The SMILES string of the molecule is Cc1ccccc1OCCNC(=O)NCC(c1ccco1)N(C)C. The summed E-state index contributed by atoms with van der Waals surface area (Å²) in [5.41, 5.74) is 1.08. The Hall–Kier alpha value is -2.47. The van der Waals surface area contributed by atoms with Gasteiger partial charge in [0.05, 0.1) is 18.8 Å². The highest BCUT2D eigenvalue weighted by Crippen LogP contribution is 2.17. The summed E-state index contributed by atoms with van der Waals surface area (Å²) < 4.78 is 11.1.